The Morgan fingerprint density at radius 1 is 1.30 bits per heavy atom. The van der Waals surface area contributed by atoms with Crippen LogP contribution in [0.15, 0.2) is 29.1 Å². The number of nitrogens with zero attached hydrogens (tertiary/aromatic N) is 3. The molecule has 7 nitrogen and oxygen atoms in total. The van der Waals surface area contributed by atoms with E-state index in [0.29, 0.717) is 23.3 Å². The zero-order chi connectivity index (χ0) is 21.6. The average Bonchev–Trinajstić information content (AvgIpc) is 2.77. The minimum Gasteiger partial charge on any atom is -0.322 e. The van der Waals surface area contributed by atoms with E-state index in [0.717, 1.165) is 56.4 Å². The molecule has 0 aliphatic heterocycles. The van der Waals surface area contributed by atoms with Gasteiger partial charge in [-0.3, -0.25) is 9.59 Å². The minimum atomic E-state index is -0.680. The molecule has 30 heavy (non-hydrogen) atoms. The van der Waals surface area contributed by atoms with E-state index >= 15 is 0 Å². The second-order valence-corrected chi connectivity index (χ2v) is 8.39. The topological polar surface area (TPSA) is 94.3 Å². The number of carbonyl (C=O) groups excluding carboxylic acids is 1. The van der Waals surface area contributed by atoms with Gasteiger partial charge in [0.1, 0.15) is 12.1 Å². The van der Waals surface area contributed by atoms with Gasteiger partial charge in [0.15, 0.2) is 12.4 Å². The molecule has 1 aliphatic rings. The largest absolute Gasteiger partial charge is 0.322 e. The van der Waals surface area contributed by atoms with Crippen LogP contribution in [-0.2, 0) is 11.3 Å². The molecule has 1 saturated carbocycles. The molecule has 7 heteroatoms. The quantitative estimate of drug-likeness (QED) is 0.694. The van der Waals surface area contributed by atoms with Crippen molar-refractivity contribution in [2.45, 2.75) is 64.0 Å². The molecule has 1 heterocycles. The Balaban J connectivity index is 1.76. The van der Waals surface area contributed by atoms with E-state index in [4.69, 9.17) is 0 Å². The van der Waals surface area contributed by atoms with Crippen molar-refractivity contribution < 1.29 is 9.69 Å². The molecule has 1 atom stereocenters. The number of benzene rings is 1. The summed E-state index contributed by atoms with van der Waals surface area (Å²) in [7, 11) is 1.77. The number of para-hydroxylation sites is 1. The number of nitrogens with one attached hydrogen (secondary N) is 2. The molecule has 1 amide bonds. The highest BCUT2D eigenvalue weighted by atomic mass is 16.2. The van der Waals surface area contributed by atoms with Crippen LogP contribution >= 0.6 is 0 Å². The SMILES string of the molecule is CCCC[NH+](CC(=O)N(C)C1(C#N)CCCCC1)Cc1nc2ccccc2c(=O)[nH]1. The van der Waals surface area contributed by atoms with Crippen LogP contribution in [0.1, 0.15) is 57.7 Å². The van der Waals surface area contributed by atoms with Crippen molar-refractivity contribution in [1.29, 1.82) is 5.26 Å². The van der Waals surface area contributed by atoms with Gasteiger partial charge in [-0.2, -0.15) is 5.26 Å². The second-order valence-electron chi connectivity index (χ2n) is 8.39. The molecule has 0 spiro atoms. The van der Waals surface area contributed by atoms with E-state index in [1.807, 2.05) is 18.2 Å². The Hall–Kier alpha value is -2.72. The molecule has 1 unspecified atom stereocenters. The van der Waals surface area contributed by atoms with Gasteiger partial charge in [0.25, 0.3) is 11.5 Å². The van der Waals surface area contributed by atoms with Gasteiger partial charge in [-0.25, -0.2) is 4.98 Å². The number of carbonyl (C=O) groups is 1. The number of unbranched alkanes of at least 4 members (excludes halogenated alkanes) is 1. The molecule has 1 aliphatic carbocycles. The molecule has 0 radical (unpaired) electrons. The number of hydrogen-bond acceptors (Lipinski definition) is 4. The van der Waals surface area contributed by atoms with Crippen molar-refractivity contribution in [1.82, 2.24) is 14.9 Å². The van der Waals surface area contributed by atoms with E-state index in [-0.39, 0.29) is 18.0 Å². The third kappa shape index (κ3) is 4.88. The van der Waals surface area contributed by atoms with E-state index < -0.39 is 5.54 Å². The normalized spacial score (nSPS) is 16.7. The summed E-state index contributed by atoms with van der Waals surface area (Å²) in [6.07, 6.45) is 6.59. The lowest BCUT2D eigenvalue weighted by atomic mass is 9.81. The zero-order valence-corrected chi connectivity index (χ0v) is 18.0. The summed E-state index contributed by atoms with van der Waals surface area (Å²) in [5.41, 5.74) is -0.166. The molecule has 160 valence electrons. The van der Waals surface area contributed by atoms with Crippen molar-refractivity contribution in [2.75, 3.05) is 20.1 Å². The van der Waals surface area contributed by atoms with Crippen LogP contribution in [0, 0.1) is 11.3 Å². The molecule has 1 fully saturated rings. The summed E-state index contributed by atoms with van der Waals surface area (Å²) < 4.78 is 0. The fourth-order valence-electron chi connectivity index (χ4n) is 4.35. The van der Waals surface area contributed by atoms with Crippen LogP contribution < -0.4 is 10.5 Å². The number of likely N-dealkylation sites (N-methyl/N-ethyl adjacent to an activating group) is 1. The second kappa shape index (κ2) is 9.86. The number of hydrogen-bond donors (Lipinski definition) is 2. The molecule has 0 saturated heterocycles. The highest BCUT2D eigenvalue weighted by Gasteiger charge is 2.39. The van der Waals surface area contributed by atoms with Crippen molar-refractivity contribution in [3.63, 3.8) is 0 Å². The Bertz CT molecular complexity index is 971. The van der Waals surface area contributed by atoms with E-state index in [1.165, 1.54) is 0 Å². The molecule has 2 aromatic rings. The van der Waals surface area contributed by atoms with Crippen LogP contribution in [0.4, 0.5) is 0 Å². The van der Waals surface area contributed by atoms with Crippen molar-refractivity contribution in [2.24, 2.45) is 0 Å². The summed E-state index contributed by atoms with van der Waals surface area (Å²) in [6.45, 7) is 3.69. The Morgan fingerprint density at radius 3 is 2.73 bits per heavy atom. The van der Waals surface area contributed by atoms with Crippen LogP contribution in [0.2, 0.25) is 0 Å². The van der Waals surface area contributed by atoms with Crippen molar-refractivity contribution in [3.8, 4) is 6.07 Å². The molecule has 1 aromatic carbocycles. The number of rotatable bonds is 8. The third-order valence-corrected chi connectivity index (χ3v) is 6.27. The smallest absolute Gasteiger partial charge is 0.278 e. The molecular formula is C23H32N5O2+. The van der Waals surface area contributed by atoms with Gasteiger partial charge >= 0.3 is 0 Å². The molecule has 2 N–H and O–H groups in total. The Labute approximate surface area is 177 Å². The standard InChI is InChI=1S/C23H31N5O2/c1-3-4-14-28(15-20-25-19-11-7-6-10-18(19)22(30)26-20)16-21(29)27(2)23(17-24)12-8-5-9-13-23/h6-7,10-11H,3-5,8-9,12-16H2,1-2H3,(H,25,26,30)/p+1. The number of H-pyrrole nitrogens is 1. The minimum absolute atomic E-state index is 0.0207. The Morgan fingerprint density at radius 2 is 2.03 bits per heavy atom. The fourth-order valence-corrected chi connectivity index (χ4v) is 4.35. The van der Waals surface area contributed by atoms with Crippen LogP contribution in [0.25, 0.3) is 10.9 Å². The number of nitriles is 1. The maximum atomic E-state index is 13.1. The summed E-state index contributed by atoms with van der Waals surface area (Å²) in [5.74, 6) is 0.570. The van der Waals surface area contributed by atoms with Gasteiger partial charge in [0.2, 0.25) is 0 Å². The van der Waals surface area contributed by atoms with Gasteiger partial charge in [-0.15, -0.1) is 0 Å². The van der Waals surface area contributed by atoms with Gasteiger partial charge in [-0.1, -0.05) is 44.7 Å². The highest BCUT2D eigenvalue weighted by Crippen LogP contribution is 2.32. The number of fused-ring (bicyclic) bond motifs is 1. The Kier molecular flexibility index (Phi) is 7.22. The van der Waals surface area contributed by atoms with E-state index in [2.05, 4.69) is 23.0 Å². The molecule has 1 aromatic heterocycles. The monoisotopic (exact) mass is 410 g/mol. The summed E-state index contributed by atoms with van der Waals surface area (Å²) in [5, 5.41) is 10.4. The van der Waals surface area contributed by atoms with Gasteiger partial charge in [0, 0.05) is 7.05 Å². The first-order chi connectivity index (χ1) is 14.5. The maximum Gasteiger partial charge on any atom is 0.278 e. The van der Waals surface area contributed by atoms with E-state index in [9.17, 15) is 14.9 Å². The predicted molar refractivity (Wildman–Crippen MR) is 116 cm³/mol. The lowest BCUT2D eigenvalue weighted by Crippen LogP contribution is -3.12. The number of aromatic amines is 1. The van der Waals surface area contributed by atoms with Crippen LogP contribution in [0.3, 0.4) is 0 Å². The predicted octanol–water partition coefficient (Wildman–Crippen LogP) is 1.79. The van der Waals surface area contributed by atoms with Gasteiger partial charge in [0.05, 0.1) is 23.5 Å². The lowest BCUT2D eigenvalue weighted by Gasteiger charge is -2.39. The summed E-state index contributed by atoms with van der Waals surface area (Å²) in [4.78, 5) is 35.7. The maximum absolute atomic E-state index is 13.1. The lowest BCUT2D eigenvalue weighted by molar-refractivity contribution is -0.907. The number of aromatic nitrogens is 2. The molecular weight excluding hydrogens is 378 g/mol. The summed E-state index contributed by atoms with van der Waals surface area (Å²) >= 11 is 0. The number of amides is 1. The molecule has 3 rings (SSSR count). The first-order valence-corrected chi connectivity index (χ1v) is 11.0. The fraction of sp³-hybridized carbons (Fsp3) is 0.565. The van der Waals surface area contributed by atoms with Crippen LogP contribution in [0.5, 0.6) is 0 Å². The molecule has 0 bridgehead atoms. The first kappa shape index (κ1) is 22.0. The zero-order valence-electron chi connectivity index (χ0n) is 18.0. The van der Waals surface area contributed by atoms with Crippen molar-refractivity contribution in [3.05, 3.63) is 40.4 Å². The number of quaternary nitrogens is 1. The first-order valence-electron chi connectivity index (χ1n) is 11.0. The van der Waals surface area contributed by atoms with Gasteiger partial charge < -0.3 is 14.8 Å². The van der Waals surface area contributed by atoms with E-state index in [1.54, 1.807) is 18.0 Å². The highest BCUT2D eigenvalue weighted by molar-refractivity contribution is 5.78. The van der Waals surface area contributed by atoms with Gasteiger partial charge in [-0.05, 0) is 31.4 Å². The summed E-state index contributed by atoms with van der Waals surface area (Å²) in [6, 6.07) is 9.71. The van der Waals surface area contributed by atoms with Crippen LogP contribution in [-0.4, -0.2) is 46.5 Å². The third-order valence-electron chi connectivity index (χ3n) is 6.27. The van der Waals surface area contributed by atoms with Crippen molar-refractivity contribution >= 4 is 16.8 Å². The average molecular weight is 411 g/mol.